The Morgan fingerprint density at radius 1 is 1.00 bits per heavy atom. The largest absolute Gasteiger partial charge is 0.325 e. The van der Waals surface area contributed by atoms with Crippen LogP contribution in [0.2, 0.25) is 0 Å². The van der Waals surface area contributed by atoms with Crippen molar-refractivity contribution in [3.05, 3.63) is 72.6 Å². The fraction of sp³-hybridized carbons (Fsp3) is 0.143. The summed E-state index contributed by atoms with van der Waals surface area (Å²) in [7, 11) is -3.92. The van der Waals surface area contributed by atoms with Crippen molar-refractivity contribution in [2.75, 3.05) is 34.6 Å². The molecule has 0 atom stereocenters. The number of urea groups is 1. The summed E-state index contributed by atoms with van der Waals surface area (Å²) in [5.74, 6) is -2.67. The smallest absolute Gasteiger partial charge is 0.325 e. The third-order valence-electron chi connectivity index (χ3n) is 4.88. The molecule has 0 saturated carbocycles. The average molecular weight is 488 g/mol. The lowest BCUT2D eigenvalue weighted by molar-refractivity contribution is -0.116. The summed E-state index contributed by atoms with van der Waals surface area (Å²) in [5, 5.41) is 2.59. The molecule has 1 aliphatic rings. The van der Waals surface area contributed by atoms with E-state index in [-0.39, 0.29) is 36.2 Å². The average Bonchev–Trinajstić information content (AvgIpc) is 3.16. The third kappa shape index (κ3) is 5.09. The van der Waals surface area contributed by atoms with Crippen molar-refractivity contribution in [2.45, 2.75) is 4.90 Å². The Hall–Kier alpha value is -4.13. The fourth-order valence-electron chi connectivity index (χ4n) is 3.24. The molecule has 0 unspecified atom stereocenters. The molecule has 3 aromatic rings. The topological polar surface area (TPSA) is 125 Å². The van der Waals surface area contributed by atoms with E-state index in [1.165, 1.54) is 52.5 Å². The molecule has 2 aromatic carbocycles. The Labute approximate surface area is 193 Å². The quantitative estimate of drug-likeness (QED) is 0.526. The molecule has 2 N–H and O–H groups in total. The van der Waals surface area contributed by atoms with Crippen LogP contribution in [0.25, 0.3) is 0 Å². The SMILES string of the molecule is O=C(CN1CCN(c2ccc(F)c(F)c2)C1=O)Nc1ccc(S(=O)(=O)Nc2ncccn2)cc1. The van der Waals surface area contributed by atoms with E-state index in [0.717, 1.165) is 12.1 Å². The number of nitrogens with zero attached hydrogens (tertiary/aromatic N) is 4. The summed E-state index contributed by atoms with van der Waals surface area (Å²) in [6, 6.07) is 9.57. The maximum atomic E-state index is 13.5. The number of anilines is 3. The summed E-state index contributed by atoms with van der Waals surface area (Å²) in [5.41, 5.74) is 0.516. The molecule has 10 nitrogen and oxygen atoms in total. The van der Waals surface area contributed by atoms with Gasteiger partial charge in [-0.15, -0.1) is 0 Å². The first-order valence-corrected chi connectivity index (χ1v) is 11.4. The number of sulfonamides is 1. The van der Waals surface area contributed by atoms with Crippen molar-refractivity contribution in [3.63, 3.8) is 0 Å². The molecule has 0 aliphatic carbocycles. The number of hydrogen-bond donors (Lipinski definition) is 2. The normalized spacial score (nSPS) is 13.8. The van der Waals surface area contributed by atoms with Gasteiger partial charge in [0.15, 0.2) is 11.6 Å². The lowest BCUT2D eigenvalue weighted by Gasteiger charge is -2.18. The van der Waals surface area contributed by atoms with Gasteiger partial charge in [0.05, 0.1) is 4.90 Å². The number of benzene rings is 2. The zero-order chi connectivity index (χ0) is 24.3. The second kappa shape index (κ2) is 9.39. The Morgan fingerprint density at radius 3 is 2.38 bits per heavy atom. The zero-order valence-corrected chi connectivity index (χ0v) is 18.3. The van der Waals surface area contributed by atoms with Crippen LogP contribution in [0.3, 0.4) is 0 Å². The number of aromatic nitrogens is 2. The molecule has 1 aromatic heterocycles. The van der Waals surface area contributed by atoms with Crippen molar-refractivity contribution in [1.29, 1.82) is 0 Å². The summed E-state index contributed by atoms with van der Waals surface area (Å²) in [4.78, 5) is 35.0. The van der Waals surface area contributed by atoms with Gasteiger partial charge in [0, 0.05) is 42.9 Å². The molecule has 3 amide bonds. The Balaban J connectivity index is 1.35. The van der Waals surface area contributed by atoms with E-state index in [0.29, 0.717) is 5.69 Å². The molecule has 13 heteroatoms. The monoisotopic (exact) mass is 488 g/mol. The van der Waals surface area contributed by atoms with E-state index < -0.39 is 33.6 Å². The molecule has 4 rings (SSSR count). The number of halogens is 2. The van der Waals surface area contributed by atoms with Gasteiger partial charge >= 0.3 is 6.03 Å². The summed E-state index contributed by atoms with van der Waals surface area (Å²) in [6.07, 6.45) is 2.79. The first kappa shape index (κ1) is 23.0. The van der Waals surface area contributed by atoms with E-state index >= 15 is 0 Å². The van der Waals surface area contributed by atoms with E-state index in [2.05, 4.69) is 20.0 Å². The predicted octanol–water partition coefficient (Wildman–Crippen LogP) is 2.44. The van der Waals surface area contributed by atoms with Crippen molar-refractivity contribution >= 4 is 39.3 Å². The van der Waals surface area contributed by atoms with Crippen molar-refractivity contribution in [1.82, 2.24) is 14.9 Å². The fourth-order valence-corrected chi connectivity index (χ4v) is 4.20. The van der Waals surface area contributed by atoms with Gasteiger partial charge in [-0.2, -0.15) is 0 Å². The first-order chi connectivity index (χ1) is 16.2. The summed E-state index contributed by atoms with van der Waals surface area (Å²) < 4.78 is 53.7. The van der Waals surface area contributed by atoms with Gasteiger partial charge in [-0.05, 0) is 42.5 Å². The molecule has 1 aliphatic heterocycles. The highest BCUT2D eigenvalue weighted by atomic mass is 32.2. The van der Waals surface area contributed by atoms with Crippen molar-refractivity contribution < 1.29 is 26.8 Å². The lowest BCUT2D eigenvalue weighted by atomic mass is 10.3. The highest BCUT2D eigenvalue weighted by molar-refractivity contribution is 7.92. The number of rotatable bonds is 7. The second-order valence-corrected chi connectivity index (χ2v) is 8.89. The number of carbonyl (C=O) groups is 2. The third-order valence-corrected chi connectivity index (χ3v) is 6.23. The van der Waals surface area contributed by atoms with Gasteiger partial charge in [-0.1, -0.05) is 0 Å². The van der Waals surface area contributed by atoms with E-state index in [4.69, 9.17) is 0 Å². The van der Waals surface area contributed by atoms with Gasteiger partial charge in [-0.25, -0.2) is 36.7 Å². The standard InChI is InChI=1S/C21H18F2N6O4S/c22-17-7-4-15(12-18(17)23)29-11-10-28(21(29)31)13-19(30)26-14-2-5-16(6-3-14)34(32,33)27-20-24-8-1-9-25-20/h1-9,12H,10-11,13H2,(H,26,30)(H,24,25,27). The maximum absolute atomic E-state index is 13.5. The number of nitrogens with one attached hydrogen (secondary N) is 2. The Bertz CT molecular complexity index is 1320. The summed E-state index contributed by atoms with van der Waals surface area (Å²) >= 11 is 0. The molecule has 176 valence electrons. The van der Waals surface area contributed by atoms with E-state index in [1.54, 1.807) is 6.07 Å². The molecule has 0 bridgehead atoms. The van der Waals surface area contributed by atoms with E-state index in [9.17, 15) is 26.8 Å². The van der Waals surface area contributed by atoms with Gasteiger partial charge in [-0.3, -0.25) is 9.69 Å². The van der Waals surface area contributed by atoms with Crippen LogP contribution >= 0.6 is 0 Å². The van der Waals surface area contributed by atoms with Gasteiger partial charge in [0.2, 0.25) is 11.9 Å². The van der Waals surface area contributed by atoms with Crippen LogP contribution < -0.4 is 14.9 Å². The number of carbonyl (C=O) groups excluding carboxylic acids is 2. The maximum Gasteiger partial charge on any atom is 0.325 e. The molecule has 0 spiro atoms. The highest BCUT2D eigenvalue weighted by Crippen LogP contribution is 2.23. The van der Waals surface area contributed by atoms with Crippen LogP contribution in [0.4, 0.5) is 30.9 Å². The molecular formula is C21H18F2N6O4S. The molecule has 34 heavy (non-hydrogen) atoms. The van der Waals surface area contributed by atoms with Crippen molar-refractivity contribution in [3.8, 4) is 0 Å². The van der Waals surface area contributed by atoms with Crippen LogP contribution in [0.1, 0.15) is 0 Å². The number of hydrogen-bond acceptors (Lipinski definition) is 6. The molecule has 1 saturated heterocycles. The highest BCUT2D eigenvalue weighted by Gasteiger charge is 2.31. The van der Waals surface area contributed by atoms with Crippen molar-refractivity contribution in [2.24, 2.45) is 0 Å². The molecule has 0 radical (unpaired) electrons. The van der Waals surface area contributed by atoms with E-state index in [1.807, 2.05) is 0 Å². The van der Waals surface area contributed by atoms with Crippen LogP contribution in [0, 0.1) is 11.6 Å². The van der Waals surface area contributed by atoms with Crippen LogP contribution in [0.5, 0.6) is 0 Å². The van der Waals surface area contributed by atoms with Gasteiger partial charge in [0.1, 0.15) is 6.54 Å². The molecule has 2 heterocycles. The van der Waals surface area contributed by atoms with Gasteiger partial charge < -0.3 is 10.2 Å². The van der Waals surface area contributed by atoms with Crippen LogP contribution in [-0.4, -0.2) is 54.9 Å². The first-order valence-electron chi connectivity index (χ1n) is 9.94. The second-order valence-electron chi connectivity index (χ2n) is 7.20. The Morgan fingerprint density at radius 2 is 1.71 bits per heavy atom. The molecular weight excluding hydrogens is 470 g/mol. The van der Waals surface area contributed by atoms with Crippen LogP contribution in [0.15, 0.2) is 65.8 Å². The van der Waals surface area contributed by atoms with Crippen LogP contribution in [-0.2, 0) is 14.8 Å². The number of amides is 3. The minimum atomic E-state index is -3.92. The predicted molar refractivity (Wildman–Crippen MR) is 119 cm³/mol. The molecule has 1 fully saturated rings. The minimum absolute atomic E-state index is 0.0603. The summed E-state index contributed by atoms with van der Waals surface area (Å²) in [6.45, 7) is 0.156. The minimum Gasteiger partial charge on any atom is -0.325 e. The lowest BCUT2D eigenvalue weighted by Crippen LogP contribution is -2.37. The van der Waals surface area contributed by atoms with Gasteiger partial charge in [0.25, 0.3) is 10.0 Å². The zero-order valence-electron chi connectivity index (χ0n) is 17.5. The Kier molecular flexibility index (Phi) is 6.36.